The molecule has 0 nitrogen and oxygen atoms in total. The largest absolute Gasteiger partial charge is 0.0843 e. The number of rotatable bonds is 0. The monoisotopic (exact) mass is 279 g/mol. The number of benzene rings is 1. The summed E-state index contributed by atoms with van der Waals surface area (Å²) in [7, 11) is 0. The summed E-state index contributed by atoms with van der Waals surface area (Å²) in [5, 5.41) is 3.51. The van der Waals surface area contributed by atoms with Crippen LogP contribution in [0.3, 0.4) is 0 Å². The molecule has 0 spiro atoms. The van der Waals surface area contributed by atoms with E-state index in [-0.39, 0.29) is 0 Å². The van der Waals surface area contributed by atoms with E-state index in [0.717, 1.165) is 36.3 Å². The maximum atomic E-state index is 6.19. The fourth-order valence-electron chi connectivity index (χ4n) is 3.59. The molecule has 3 aliphatic rings. The van der Waals surface area contributed by atoms with Gasteiger partial charge < -0.3 is 0 Å². The molecule has 0 fully saturated rings. The summed E-state index contributed by atoms with van der Waals surface area (Å²) in [6.45, 7) is 4.07. The molecule has 1 aromatic carbocycles. The highest BCUT2D eigenvalue weighted by molar-refractivity contribution is 6.30. The maximum absolute atomic E-state index is 6.19. The molecule has 1 radical (unpaired) electrons. The van der Waals surface area contributed by atoms with E-state index in [4.69, 9.17) is 11.6 Å². The molecule has 0 N–H and O–H groups in total. The number of fused-ring (bicyclic) bond motifs is 3. The zero-order valence-electron chi connectivity index (χ0n) is 11.4. The second-order valence-corrected chi connectivity index (χ2v) is 6.16. The van der Waals surface area contributed by atoms with Gasteiger partial charge in [-0.3, -0.25) is 0 Å². The zero-order valence-corrected chi connectivity index (χ0v) is 12.1. The van der Waals surface area contributed by atoms with E-state index in [0.29, 0.717) is 0 Å². The Kier molecular flexibility index (Phi) is 2.75. The minimum atomic E-state index is 0.834. The Balaban J connectivity index is 2.00. The molecule has 0 saturated carbocycles. The van der Waals surface area contributed by atoms with Crippen LogP contribution in [0.4, 0.5) is 0 Å². The molecule has 0 heterocycles. The average Bonchev–Trinajstić information content (AvgIpc) is 2.46. The van der Waals surface area contributed by atoms with Gasteiger partial charge in [-0.25, -0.2) is 0 Å². The minimum absolute atomic E-state index is 0.834. The third-order valence-corrected chi connectivity index (χ3v) is 4.79. The standard InChI is InChI=1S/C19H16Cl/c1-12-2-7-16-14(10-12)5-9-18-17(16)8-4-13-3-6-15(20)11-19(13)18/h2-4,6,10-11H,1,5,7-9H2. The molecule has 0 amide bonds. The molecular formula is C19H16Cl. The SMILES string of the molecule is [CH2]C1=CCC2=C3CC=c4ccc(Cl)cc4=C3CCC2=C1. The molecule has 0 saturated heterocycles. The third-order valence-electron chi connectivity index (χ3n) is 4.56. The van der Waals surface area contributed by atoms with Gasteiger partial charge >= 0.3 is 0 Å². The molecule has 0 bridgehead atoms. The van der Waals surface area contributed by atoms with Crippen LogP contribution in [0.25, 0.3) is 11.6 Å². The van der Waals surface area contributed by atoms with Gasteiger partial charge in [0, 0.05) is 5.02 Å². The van der Waals surface area contributed by atoms with Crippen LogP contribution in [0.5, 0.6) is 0 Å². The van der Waals surface area contributed by atoms with Crippen molar-refractivity contribution in [2.45, 2.75) is 25.7 Å². The van der Waals surface area contributed by atoms with Crippen LogP contribution in [0.1, 0.15) is 25.7 Å². The lowest BCUT2D eigenvalue weighted by Gasteiger charge is -2.29. The predicted molar refractivity (Wildman–Crippen MR) is 85.6 cm³/mol. The highest BCUT2D eigenvalue weighted by Gasteiger charge is 2.23. The smallest absolute Gasteiger partial charge is 0.0412 e. The number of allylic oxidation sites excluding steroid dienone is 6. The summed E-state index contributed by atoms with van der Waals surface area (Å²) in [6, 6.07) is 6.26. The molecule has 1 aromatic rings. The fraction of sp³-hybridized carbons (Fsp3) is 0.211. The lowest BCUT2D eigenvalue weighted by molar-refractivity contribution is 0.903. The van der Waals surface area contributed by atoms with Crippen molar-refractivity contribution in [1.29, 1.82) is 0 Å². The lowest BCUT2D eigenvalue weighted by Crippen LogP contribution is -2.31. The Morgan fingerprint density at radius 1 is 0.950 bits per heavy atom. The van der Waals surface area contributed by atoms with E-state index in [1.807, 2.05) is 6.07 Å². The van der Waals surface area contributed by atoms with Gasteiger partial charge in [0.15, 0.2) is 0 Å². The van der Waals surface area contributed by atoms with Crippen molar-refractivity contribution in [2.75, 3.05) is 0 Å². The summed E-state index contributed by atoms with van der Waals surface area (Å²) >= 11 is 6.19. The van der Waals surface area contributed by atoms with Crippen LogP contribution < -0.4 is 10.4 Å². The number of hydrogen-bond acceptors (Lipinski definition) is 0. The molecule has 20 heavy (non-hydrogen) atoms. The van der Waals surface area contributed by atoms with E-state index >= 15 is 0 Å². The number of halogens is 1. The Labute approximate surface area is 124 Å². The van der Waals surface area contributed by atoms with E-state index in [9.17, 15) is 0 Å². The van der Waals surface area contributed by atoms with Gasteiger partial charge in [-0.2, -0.15) is 0 Å². The summed E-state index contributed by atoms with van der Waals surface area (Å²) in [4.78, 5) is 0. The summed E-state index contributed by atoms with van der Waals surface area (Å²) < 4.78 is 0. The summed E-state index contributed by atoms with van der Waals surface area (Å²) in [6.07, 6.45) is 11.2. The van der Waals surface area contributed by atoms with E-state index < -0.39 is 0 Å². The third kappa shape index (κ3) is 1.83. The molecule has 4 rings (SSSR count). The first-order valence-electron chi connectivity index (χ1n) is 7.17. The van der Waals surface area contributed by atoms with Crippen molar-refractivity contribution in [3.05, 3.63) is 75.0 Å². The Hall–Kier alpha value is -1.53. The van der Waals surface area contributed by atoms with Crippen LogP contribution in [-0.4, -0.2) is 0 Å². The normalized spacial score (nSPS) is 20.4. The fourth-order valence-corrected chi connectivity index (χ4v) is 3.76. The Morgan fingerprint density at radius 3 is 2.70 bits per heavy atom. The topological polar surface area (TPSA) is 0 Å². The first kappa shape index (κ1) is 12.2. The van der Waals surface area contributed by atoms with Crippen LogP contribution in [0.15, 0.2) is 52.6 Å². The predicted octanol–water partition coefficient (Wildman–Crippen LogP) is 3.86. The maximum Gasteiger partial charge on any atom is 0.0412 e. The van der Waals surface area contributed by atoms with Crippen molar-refractivity contribution < 1.29 is 0 Å². The van der Waals surface area contributed by atoms with Crippen LogP contribution >= 0.6 is 11.6 Å². The molecule has 3 aliphatic carbocycles. The van der Waals surface area contributed by atoms with Crippen LogP contribution in [0, 0.1) is 6.92 Å². The molecule has 0 aromatic heterocycles. The van der Waals surface area contributed by atoms with Crippen molar-refractivity contribution in [2.24, 2.45) is 0 Å². The van der Waals surface area contributed by atoms with Gasteiger partial charge in [0.1, 0.15) is 0 Å². The van der Waals surface area contributed by atoms with Crippen LogP contribution in [-0.2, 0) is 0 Å². The van der Waals surface area contributed by atoms with E-state index in [1.54, 1.807) is 0 Å². The molecule has 0 unspecified atom stereocenters. The summed E-state index contributed by atoms with van der Waals surface area (Å²) in [5.41, 5.74) is 7.23. The minimum Gasteiger partial charge on any atom is -0.0843 e. The van der Waals surface area contributed by atoms with Crippen molar-refractivity contribution in [1.82, 2.24) is 0 Å². The van der Waals surface area contributed by atoms with E-state index in [2.05, 4.69) is 37.3 Å². The molecule has 99 valence electrons. The Bertz CT molecular complexity index is 816. The Morgan fingerprint density at radius 2 is 1.80 bits per heavy atom. The highest BCUT2D eigenvalue weighted by atomic mass is 35.5. The van der Waals surface area contributed by atoms with Crippen molar-refractivity contribution in [3.8, 4) is 0 Å². The lowest BCUT2D eigenvalue weighted by atomic mass is 9.76. The second kappa shape index (κ2) is 4.49. The first-order valence-corrected chi connectivity index (χ1v) is 7.54. The van der Waals surface area contributed by atoms with Gasteiger partial charge in [-0.15, -0.1) is 0 Å². The average molecular weight is 280 g/mol. The second-order valence-electron chi connectivity index (χ2n) is 5.73. The van der Waals surface area contributed by atoms with E-state index in [1.165, 1.54) is 32.7 Å². The van der Waals surface area contributed by atoms with Gasteiger partial charge in [-0.1, -0.05) is 41.5 Å². The van der Waals surface area contributed by atoms with Crippen LogP contribution in [0.2, 0.25) is 5.02 Å². The van der Waals surface area contributed by atoms with Gasteiger partial charge in [0.2, 0.25) is 0 Å². The zero-order chi connectivity index (χ0) is 13.7. The van der Waals surface area contributed by atoms with Gasteiger partial charge in [0.05, 0.1) is 0 Å². The van der Waals surface area contributed by atoms with Crippen molar-refractivity contribution >= 4 is 23.3 Å². The summed E-state index contributed by atoms with van der Waals surface area (Å²) in [5.74, 6) is 0. The van der Waals surface area contributed by atoms with Gasteiger partial charge in [0.25, 0.3) is 0 Å². The van der Waals surface area contributed by atoms with Crippen molar-refractivity contribution in [3.63, 3.8) is 0 Å². The molecule has 0 aliphatic heterocycles. The quantitative estimate of drug-likeness (QED) is 0.677. The number of hydrogen-bond donors (Lipinski definition) is 0. The first-order chi connectivity index (χ1) is 9.72. The highest BCUT2D eigenvalue weighted by Crippen LogP contribution is 2.40. The van der Waals surface area contributed by atoms with Gasteiger partial charge in [-0.05, 0) is 77.5 Å². The molecule has 0 atom stereocenters. The molecular weight excluding hydrogens is 264 g/mol. The molecule has 1 heteroatoms.